The van der Waals surface area contributed by atoms with E-state index in [0.29, 0.717) is 16.7 Å². The van der Waals surface area contributed by atoms with Gasteiger partial charge in [0, 0.05) is 28.6 Å². The first kappa shape index (κ1) is 14.4. The highest BCUT2D eigenvalue weighted by molar-refractivity contribution is 8.00. The van der Waals surface area contributed by atoms with Crippen molar-refractivity contribution in [1.29, 1.82) is 0 Å². The summed E-state index contributed by atoms with van der Waals surface area (Å²) >= 11 is 2.17. The molecule has 20 heavy (non-hydrogen) atoms. The predicted octanol–water partition coefficient (Wildman–Crippen LogP) is 3.77. The molecule has 1 aromatic heterocycles. The van der Waals surface area contributed by atoms with E-state index in [9.17, 15) is 0 Å². The Balaban J connectivity index is 1.92. The van der Waals surface area contributed by atoms with Crippen molar-refractivity contribution in [1.82, 2.24) is 10.3 Å². The molecule has 3 unspecified atom stereocenters. The van der Waals surface area contributed by atoms with Crippen LogP contribution in [0.3, 0.4) is 0 Å². The SMILES string of the molecule is CCNC(C1CCCc2cccnc21)C1(C)CCCS1. The van der Waals surface area contributed by atoms with E-state index in [0.717, 1.165) is 6.54 Å². The van der Waals surface area contributed by atoms with E-state index in [1.165, 1.54) is 49.1 Å². The van der Waals surface area contributed by atoms with Crippen LogP contribution in [0, 0.1) is 0 Å². The molecular formula is C17H26N2S. The Hall–Kier alpha value is -0.540. The minimum absolute atomic E-state index is 0.382. The van der Waals surface area contributed by atoms with Crippen LogP contribution in [0.15, 0.2) is 18.3 Å². The zero-order valence-corrected chi connectivity index (χ0v) is 13.5. The van der Waals surface area contributed by atoms with Gasteiger partial charge in [-0.1, -0.05) is 13.0 Å². The molecule has 1 N–H and O–H groups in total. The smallest absolute Gasteiger partial charge is 0.0482 e. The lowest BCUT2D eigenvalue weighted by molar-refractivity contribution is 0.322. The minimum Gasteiger partial charge on any atom is -0.312 e. The first-order valence-electron chi connectivity index (χ1n) is 8.06. The van der Waals surface area contributed by atoms with Gasteiger partial charge in [-0.3, -0.25) is 4.98 Å². The summed E-state index contributed by atoms with van der Waals surface area (Å²) in [5.41, 5.74) is 2.86. The normalized spacial score (nSPS) is 31.0. The first-order valence-corrected chi connectivity index (χ1v) is 9.04. The summed E-state index contributed by atoms with van der Waals surface area (Å²) in [4.78, 5) is 4.76. The molecule has 0 spiro atoms. The predicted molar refractivity (Wildman–Crippen MR) is 87.5 cm³/mol. The largest absolute Gasteiger partial charge is 0.312 e. The van der Waals surface area contributed by atoms with E-state index >= 15 is 0 Å². The maximum Gasteiger partial charge on any atom is 0.0482 e. The molecule has 1 fully saturated rings. The molecule has 0 saturated carbocycles. The van der Waals surface area contributed by atoms with Crippen LogP contribution in [0.2, 0.25) is 0 Å². The van der Waals surface area contributed by atoms with E-state index in [1.807, 2.05) is 6.20 Å². The van der Waals surface area contributed by atoms with E-state index in [1.54, 1.807) is 0 Å². The van der Waals surface area contributed by atoms with E-state index in [-0.39, 0.29) is 0 Å². The average molecular weight is 290 g/mol. The lowest BCUT2D eigenvalue weighted by Gasteiger charge is -2.41. The number of thioether (sulfide) groups is 1. The molecule has 0 aromatic carbocycles. The minimum atomic E-state index is 0.382. The molecular weight excluding hydrogens is 264 g/mol. The monoisotopic (exact) mass is 290 g/mol. The third kappa shape index (κ3) is 2.62. The fraction of sp³-hybridized carbons (Fsp3) is 0.706. The van der Waals surface area contributed by atoms with Crippen molar-refractivity contribution >= 4 is 11.8 Å². The number of hydrogen-bond donors (Lipinski definition) is 1. The highest BCUT2D eigenvalue weighted by Crippen LogP contribution is 2.47. The number of hydrogen-bond acceptors (Lipinski definition) is 3. The molecule has 0 amide bonds. The van der Waals surface area contributed by atoms with Gasteiger partial charge in [0.2, 0.25) is 0 Å². The topological polar surface area (TPSA) is 24.9 Å². The van der Waals surface area contributed by atoms with Gasteiger partial charge >= 0.3 is 0 Å². The molecule has 1 aromatic rings. The summed E-state index contributed by atoms with van der Waals surface area (Å²) < 4.78 is 0.382. The van der Waals surface area contributed by atoms with Crippen LogP contribution in [0.5, 0.6) is 0 Å². The quantitative estimate of drug-likeness (QED) is 0.914. The average Bonchev–Trinajstić information content (AvgIpc) is 2.92. The first-order chi connectivity index (χ1) is 9.74. The van der Waals surface area contributed by atoms with Gasteiger partial charge in [0.15, 0.2) is 0 Å². The Morgan fingerprint density at radius 2 is 2.40 bits per heavy atom. The van der Waals surface area contributed by atoms with Gasteiger partial charge in [0.25, 0.3) is 0 Å². The Morgan fingerprint density at radius 3 is 3.15 bits per heavy atom. The van der Waals surface area contributed by atoms with Crippen LogP contribution in [0.25, 0.3) is 0 Å². The standard InChI is InChI=1S/C17H26N2S/c1-3-18-16(17(2)10-6-12-20-17)14-9-4-7-13-8-5-11-19-15(13)14/h5,8,11,14,16,18H,3-4,6-7,9-10,12H2,1-2H3. The van der Waals surface area contributed by atoms with Crippen molar-refractivity contribution in [2.75, 3.05) is 12.3 Å². The maximum atomic E-state index is 4.76. The number of aryl methyl sites for hydroxylation is 1. The highest BCUT2D eigenvalue weighted by Gasteiger charge is 2.43. The molecule has 1 aliphatic carbocycles. The van der Waals surface area contributed by atoms with Crippen molar-refractivity contribution < 1.29 is 0 Å². The zero-order chi connectivity index (χ0) is 14.0. The second kappa shape index (κ2) is 6.07. The highest BCUT2D eigenvalue weighted by atomic mass is 32.2. The van der Waals surface area contributed by atoms with Crippen LogP contribution in [-0.2, 0) is 6.42 Å². The number of likely N-dealkylation sites (N-methyl/N-ethyl adjacent to an activating group) is 1. The molecule has 110 valence electrons. The number of fused-ring (bicyclic) bond motifs is 1. The maximum absolute atomic E-state index is 4.76. The van der Waals surface area contributed by atoms with Crippen LogP contribution < -0.4 is 5.32 Å². The summed E-state index contributed by atoms with van der Waals surface area (Å²) in [7, 11) is 0. The Kier molecular flexibility index (Phi) is 4.37. The van der Waals surface area contributed by atoms with Gasteiger partial charge in [0.1, 0.15) is 0 Å². The molecule has 3 heteroatoms. The molecule has 2 aliphatic rings. The van der Waals surface area contributed by atoms with Crippen LogP contribution in [0.1, 0.15) is 56.7 Å². The van der Waals surface area contributed by atoms with Crippen LogP contribution in [0.4, 0.5) is 0 Å². The third-order valence-electron chi connectivity index (χ3n) is 4.97. The summed E-state index contributed by atoms with van der Waals surface area (Å²) in [6, 6.07) is 4.94. The lowest BCUT2D eigenvalue weighted by atomic mass is 9.76. The molecule has 2 nitrogen and oxygen atoms in total. The number of pyridine rings is 1. The summed E-state index contributed by atoms with van der Waals surface area (Å²) in [5, 5.41) is 3.81. The number of rotatable bonds is 4. The van der Waals surface area contributed by atoms with Gasteiger partial charge in [-0.25, -0.2) is 0 Å². The number of nitrogens with zero attached hydrogens (tertiary/aromatic N) is 1. The molecule has 1 saturated heterocycles. The number of nitrogens with one attached hydrogen (secondary N) is 1. The molecule has 1 aliphatic heterocycles. The fourth-order valence-electron chi connectivity index (χ4n) is 4.02. The fourth-order valence-corrected chi connectivity index (χ4v) is 5.49. The molecule has 3 atom stereocenters. The van der Waals surface area contributed by atoms with Gasteiger partial charge < -0.3 is 5.32 Å². The molecule has 3 rings (SSSR count). The Bertz CT molecular complexity index is 454. The van der Waals surface area contributed by atoms with Gasteiger partial charge in [0.05, 0.1) is 0 Å². The van der Waals surface area contributed by atoms with Gasteiger partial charge in [-0.2, -0.15) is 11.8 Å². The van der Waals surface area contributed by atoms with E-state index in [2.05, 4.69) is 43.1 Å². The zero-order valence-electron chi connectivity index (χ0n) is 12.7. The van der Waals surface area contributed by atoms with Crippen LogP contribution in [-0.4, -0.2) is 28.1 Å². The van der Waals surface area contributed by atoms with Gasteiger partial charge in [-0.05, 0) is 63.0 Å². The molecule has 0 radical (unpaired) electrons. The summed E-state index contributed by atoms with van der Waals surface area (Å²) in [6.07, 6.45) is 8.50. The second-order valence-corrected chi connectivity index (χ2v) is 7.98. The van der Waals surface area contributed by atoms with Crippen molar-refractivity contribution in [3.63, 3.8) is 0 Å². The van der Waals surface area contributed by atoms with Crippen molar-refractivity contribution in [2.45, 2.75) is 62.7 Å². The Morgan fingerprint density at radius 1 is 1.50 bits per heavy atom. The van der Waals surface area contributed by atoms with E-state index < -0.39 is 0 Å². The summed E-state index contributed by atoms with van der Waals surface area (Å²) in [6.45, 7) is 5.76. The van der Waals surface area contributed by atoms with Crippen molar-refractivity contribution in [3.05, 3.63) is 29.6 Å². The summed E-state index contributed by atoms with van der Waals surface area (Å²) in [5.74, 6) is 1.91. The second-order valence-electron chi connectivity index (χ2n) is 6.35. The Labute approximate surface area is 127 Å². The van der Waals surface area contributed by atoms with Gasteiger partial charge in [-0.15, -0.1) is 0 Å². The lowest BCUT2D eigenvalue weighted by Crippen LogP contribution is -2.50. The van der Waals surface area contributed by atoms with E-state index in [4.69, 9.17) is 4.98 Å². The van der Waals surface area contributed by atoms with Crippen LogP contribution >= 0.6 is 11.8 Å². The van der Waals surface area contributed by atoms with Crippen molar-refractivity contribution in [3.8, 4) is 0 Å². The molecule has 0 bridgehead atoms. The molecule has 2 heterocycles. The number of aromatic nitrogens is 1. The van der Waals surface area contributed by atoms with Crippen molar-refractivity contribution in [2.24, 2.45) is 0 Å². The third-order valence-corrected chi connectivity index (χ3v) is 6.58.